The minimum atomic E-state index is -3.91. The Morgan fingerprint density at radius 3 is 2.56 bits per heavy atom. The molecule has 1 aromatic heterocycles. The van der Waals surface area contributed by atoms with Gasteiger partial charge >= 0.3 is 6.61 Å². The third kappa shape index (κ3) is 4.60. The number of nitrogens with one attached hydrogen (secondary N) is 1. The van der Waals surface area contributed by atoms with Crippen LogP contribution in [0.4, 0.5) is 13.2 Å². The van der Waals surface area contributed by atoms with Crippen LogP contribution < -0.4 is 10.1 Å². The maximum atomic E-state index is 14.8. The quantitative estimate of drug-likeness (QED) is 0.563. The van der Waals surface area contributed by atoms with Gasteiger partial charge in [-0.15, -0.1) is 0 Å². The second-order valence-corrected chi connectivity index (χ2v) is 14.0. The summed E-state index contributed by atoms with van der Waals surface area (Å²) in [5, 5.41) is 6.36. The van der Waals surface area contributed by atoms with Gasteiger partial charge in [-0.3, -0.25) is 4.79 Å². The fourth-order valence-corrected chi connectivity index (χ4v) is 8.70. The summed E-state index contributed by atoms with van der Waals surface area (Å²) in [7, 11) is -7.09. The standard InChI is InChI=1S/C22H24F3N3O6S2/c1-22(10-35(30,31)11-22)26-20(29)12-2-6-15-18(8-12)28(36(32,33)14-4-5-14)27-19(15)16-9-13(34-21(24)25)3-7-17(16)23/h3,7,9,12,14,21H,2,4-6,8,10-11H2,1H3,(H,26,29)/t12-/m1/s1. The zero-order chi connectivity index (χ0) is 26.0. The first-order valence-corrected chi connectivity index (χ1v) is 14.7. The maximum absolute atomic E-state index is 14.8. The van der Waals surface area contributed by atoms with Crippen LogP contribution in [-0.4, -0.2) is 60.8 Å². The van der Waals surface area contributed by atoms with Gasteiger partial charge in [0.25, 0.3) is 10.0 Å². The van der Waals surface area contributed by atoms with E-state index >= 15 is 0 Å². The van der Waals surface area contributed by atoms with Crippen LogP contribution in [0, 0.1) is 11.7 Å². The molecule has 1 aromatic carbocycles. The lowest BCUT2D eigenvalue weighted by Crippen LogP contribution is -2.64. The van der Waals surface area contributed by atoms with E-state index in [-0.39, 0.29) is 47.0 Å². The first-order chi connectivity index (χ1) is 16.8. The summed E-state index contributed by atoms with van der Waals surface area (Å²) in [4.78, 5) is 13.0. The molecule has 2 heterocycles. The molecule has 14 heteroatoms. The summed E-state index contributed by atoms with van der Waals surface area (Å²) in [6.07, 6.45) is 1.39. The minimum Gasteiger partial charge on any atom is -0.435 e. The second-order valence-electron chi connectivity index (χ2n) is 9.90. The van der Waals surface area contributed by atoms with Gasteiger partial charge in [0.1, 0.15) is 17.3 Å². The zero-order valence-corrected chi connectivity index (χ0v) is 20.8. The van der Waals surface area contributed by atoms with Gasteiger partial charge in [0, 0.05) is 23.5 Å². The van der Waals surface area contributed by atoms with E-state index in [4.69, 9.17) is 0 Å². The molecular formula is C22H24F3N3O6S2. The Morgan fingerprint density at radius 1 is 1.25 bits per heavy atom. The van der Waals surface area contributed by atoms with Crippen LogP contribution in [0.1, 0.15) is 37.4 Å². The van der Waals surface area contributed by atoms with Gasteiger partial charge in [-0.2, -0.15) is 18.0 Å². The highest BCUT2D eigenvalue weighted by molar-refractivity contribution is 7.93. The number of sulfone groups is 1. The summed E-state index contributed by atoms with van der Waals surface area (Å²) < 4.78 is 94.9. The largest absolute Gasteiger partial charge is 0.435 e. The van der Waals surface area contributed by atoms with E-state index in [2.05, 4.69) is 15.2 Å². The van der Waals surface area contributed by atoms with E-state index in [1.54, 1.807) is 6.92 Å². The number of carbonyl (C=O) groups excluding carboxylic acids is 1. The van der Waals surface area contributed by atoms with Crippen molar-refractivity contribution < 1.29 is 39.5 Å². The van der Waals surface area contributed by atoms with Gasteiger partial charge in [-0.05, 0) is 50.8 Å². The van der Waals surface area contributed by atoms with Crippen molar-refractivity contribution in [2.45, 2.75) is 56.4 Å². The highest BCUT2D eigenvalue weighted by Gasteiger charge is 2.47. The molecule has 2 aliphatic carbocycles. The predicted octanol–water partition coefficient (Wildman–Crippen LogP) is 2.04. The zero-order valence-electron chi connectivity index (χ0n) is 19.2. The van der Waals surface area contributed by atoms with Gasteiger partial charge in [0.05, 0.1) is 28.0 Å². The molecule has 1 aliphatic heterocycles. The number of carbonyl (C=O) groups is 1. The molecule has 2 fully saturated rings. The molecule has 1 saturated carbocycles. The Morgan fingerprint density at radius 2 is 1.94 bits per heavy atom. The first kappa shape index (κ1) is 25.1. The van der Waals surface area contributed by atoms with Crippen LogP contribution in [0.25, 0.3) is 11.3 Å². The van der Waals surface area contributed by atoms with Crippen LogP contribution in [0.15, 0.2) is 18.2 Å². The minimum absolute atomic E-state index is 0.00217. The molecule has 1 N–H and O–H groups in total. The van der Waals surface area contributed by atoms with E-state index < -0.39 is 54.9 Å². The Balaban J connectivity index is 1.51. The molecule has 1 amide bonds. The van der Waals surface area contributed by atoms with Crippen molar-refractivity contribution in [1.82, 2.24) is 14.5 Å². The number of alkyl halides is 2. The number of benzene rings is 1. The van der Waals surface area contributed by atoms with Crippen molar-refractivity contribution >= 4 is 25.8 Å². The molecule has 196 valence electrons. The molecule has 2 aromatic rings. The average molecular weight is 548 g/mol. The average Bonchev–Trinajstić information content (AvgIpc) is 3.54. The van der Waals surface area contributed by atoms with E-state index in [1.165, 1.54) is 0 Å². The van der Waals surface area contributed by atoms with Gasteiger partial charge in [0.2, 0.25) is 5.91 Å². The van der Waals surface area contributed by atoms with Gasteiger partial charge in [-0.25, -0.2) is 21.2 Å². The van der Waals surface area contributed by atoms with Gasteiger partial charge in [0.15, 0.2) is 9.84 Å². The molecule has 5 rings (SSSR count). The molecule has 9 nitrogen and oxygen atoms in total. The predicted molar refractivity (Wildman–Crippen MR) is 122 cm³/mol. The number of fused-ring (bicyclic) bond motifs is 1. The monoisotopic (exact) mass is 547 g/mol. The number of halogens is 3. The first-order valence-electron chi connectivity index (χ1n) is 11.4. The summed E-state index contributed by atoms with van der Waals surface area (Å²) in [5.74, 6) is -2.46. The van der Waals surface area contributed by atoms with Crippen molar-refractivity contribution in [3.63, 3.8) is 0 Å². The SMILES string of the molecule is CC1(NC(=O)[C@@H]2CCc3c(-c4cc(OC(F)F)ccc4F)nn(S(=O)(=O)C4CC4)c3C2)CS(=O)(=O)C1. The maximum Gasteiger partial charge on any atom is 0.387 e. The molecule has 1 saturated heterocycles. The third-order valence-electron chi connectivity index (χ3n) is 6.72. The van der Waals surface area contributed by atoms with Gasteiger partial charge in [-0.1, -0.05) is 0 Å². The lowest BCUT2D eigenvalue weighted by atomic mass is 9.85. The van der Waals surface area contributed by atoms with Crippen molar-refractivity contribution in [3.05, 3.63) is 35.3 Å². The Hall–Kier alpha value is -2.61. The number of hydrogen-bond donors (Lipinski definition) is 1. The van der Waals surface area contributed by atoms with Crippen molar-refractivity contribution in [2.75, 3.05) is 11.5 Å². The number of aromatic nitrogens is 2. The summed E-state index contributed by atoms with van der Waals surface area (Å²) in [6, 6.07) is 3.03. The van der Waals surface area contributed by atoms with Crippen LogP contribution in [0.5, 0.6) is 5.75 Å². The highest BCUT2D eigenvalue weighted by atomic mass is 32.2. The number of ether oxygens (including phenoxy) is 1. The fraction of sp³-hybridized carbons (Fsp3) is 0.545. The summed E-state index contributed by atoms with van der Waals surface area (Å²) >= 11 is 0. The normalized spacial score (nSPS) is 22.5. The van der Waals surface area contributed by atoms with Crippen LogP contribution in [0.2, 0.25) is 0 Å². The molecule has 0 radical (unpaired) electrons. The molecular weight excluding hydrogens is 523 g/mol. The smallest absolute Gasteiger partial charge is 0.387 e. The topological polar surface area (TPSA) is 124 Å². The summed E-state index contributed by atoms with van der Waals surface area (Å²) in [5.41, 5.74) is -0.384. The van der Waals surface area contributed by atoms with Crippen LogP contribution in [0.3, 0.4) is 0 Å². The molecule has 0 bridgehead atoms. The fourth-order valence-electron chi connectivity index (χ4n) is 5.00. The number of rotatable bonds is 7. The van der Waals surface area contributed by atoms with Crippen molar-refractivity contribution in [1.29, 1.82) is 0 Å². The van der Waals surface area contributed by atoms with Gasteiger partial charge < -0.3 is 10.1 Å². The van der Waals surface area contributed by atoms with Crippen LogP contribution >= 0.6 is 0 Å². The lowest BCUT2D eigenvalue weighted by Gasteiger charge is -2.39. The van der Waals surface area contributed by atoms with Crippen LogP contribution in [-0.2, 0) is 37.5 Å². The van der Waals surface area contributed by atoms with Crippen molar-refractivity contribution in [2.24, 2.45) is 5.92 Å². The lowest BCUT2D eigenvalue weighted by molar-refractivity contribution is -0.126. The Bertz CT molecular complexity index is 1440. The second kappa shape index (κ2) is 8.47. The van der Waals surface area contributed by atoms with Crippen molar-refractivity contribution in [3.8, 4) is 17.0 Å². The Labute approximate surface area is 206 Å². The third-order valence-corrected chi connectivity index (χ3v) is 11.0. The highest BCUT2D eigenvalue weighted by Crippen LogP contribution is 2.39. The van der Waals surface area contributed by atoms with E-state index in [9.17, 15) is 34.8 Å². The summed E-state index contributed by atoms with van der Waals surface area (Å²) in [6.45, 7) is -1.49. The molecule has 0 unspecified atom stereocenters. The number of amides is 1. The number of nitrogens with zero attached hydrogens (tertiary/aromatic N) is 2. The number of hydrogen-bond acceptors (Lipinski definition) is 7. The molecule has 0 spiro atoms. The molecule has 3 aliphatic rings. The van der Waals surface area contributed by atoms with E-state index in [0.717, 1.165) is 22.3 Å². The van der Waals surface area contributed by atoms with E-state index in [1.807, 2.05) is 0 Å². The Kier molecular flexibility index (Phi) is 5.89. The molecule has 36 heavy (non-hydrogen) atoms. The van der Waals surface area contributed by atoms with E-state index in [0.29, 0.717) is 24.8 Å². The molecule has 1 atom stereocenters.